The molecule has 4 N–H and O–H groups in total. The Morgan fingerprint density at radius 1 is 1.27 bits per heavy atom. The molecule has 1 aliphatic carbocycles. The van der Waals surface area contributed by atoms with Gasteiger partial charge in [0, 0.05) is 18.6 Å². The summed E-state index contributed by atoms with van der Waals surface area (Å²) in [4.78, 5) is 0. The molecule has 0 unspecified atom stereocenters. The van der Waals surface area contributed by atoms with Crippen molar-refractivity contribution in [3.63, 3.8) is 0 Å². The molecule has 0 atom stereocenters. The Bertz CT molecular complexity index is 271. The van der Waals surface area contributed by atoms with Crippen LogP contribution in [-0.4, -0.2) is 27.0 Å². The van der Waals surface area contributed by atoms with E-state index in [0.29, 0.717) is 6.54 Å². The van der Waals surface area contributed by atoms with E-state index < -0.39 is 10.2 Å². The standard InChI is InChI=1S/C9H21N3O2S/c1-2-7-11-15(13,14)12-9-5-3-8(10)4-6-9/h8-9,11-12H,2-7,10H2,1H3. The monoisotopic (exact) mass is 235 g/mol. The Kier molecular flexibility index (Phi) is 4.98. The van der Waals surface area contributed by atoms with Crippen molar-refractivity contribution in [2.45, 2.75) is 51.1 Å². The van der Waals surface area contributed by atoms with Crippen LogP contribution in [0.25, 0.3) is 0 Å². The van der Waals surface area contributed by atoms with Gasteiger partial charge in [-0.25, -0.2) is 4.72 Å². The molecule has 0 aromatic carbocycles. The second-order valence-corrected chi connectivity index (χ2v) is 5.66. The van der Waals surface area contributed by atoms with Crippen LogP contribution in [0.2, 0.25) is 0 Å². The zero-order valence-corrected chi connectivity index (χ0v) is 10.0. The molecule has 0 spiro atoms. The molecule has 90 valence electrons. The van der Waals surface area contributed by atoms with E-state index in [1.807, 2.05) is 6.92 Å². The van der Waals surface area contributed by atoms with Gasteiger partial charge in [-0.3, -0.25) is 0 Å². The lowest BCUT2D eigenvalue weighted by Crippen LogP contribution is -2.45. The van der Waals surface area contributed by atoms with E-state index in [1.54, 1.807) is 0 Å². The summed E-state index contributed by atoms with van der Waals surface area (Å²) in [5.41, 5.74) is 5.75. The van der Waals surface area contributed by atoms with Crippen LogP contribution in [0.1, 0.15) is 39.0 Å². The Balaban J connectivity index is 2.34. The smallest absolute Gasteiger partial charge is 0.277 e. The van der Waals surface area contributed by atoms with Crippen molar-refractivity contribution in [3.05, 3.63) is 0 Å². The number of nitrogens with one attached hydrogen (secondary N) is 2. The minimum absolute atomic E-state index is 0.0548. The van der Waals surface area contributed by atoms with Crippen molar-refractivity contribution in [3.8, 4) is 0 Å². The summed E-state index contributed by atoms with van der Waals surface area (Å²) in [6, 6.07) is 0.300. The van der Waals surface area contributed by atoms with Gasteiger partial charge in [-0.2, -0.15) is 13.1 Å². The number of rotatable bonds is 5. The molecule has 0 heterocycles. The van der Waals surface area contributed by atoms with Crippen molar-refractivity contribution in [1.82, 2.24) is 9.44 Å². The minimum Gasteiger partial charge on any atom is -0.328 e. The highest BCUT2D eigenvalue weighted by atomic mass is 32.2. The second-order valence-electron chi connectivity index (χ2n) is 4.13. The Labute approximate surface area is 92.0 Å². The fourth-order valence-electron chi connectivity index (χ4n) is 1.73. The molecule has 1 fully saturated rings. The maximum absolute atomic E-state index is 11.5. The van der Waals surface area contributed by atoms with Crippen molar-refractivity contribution in [1.29, 1.82) is 0 Å². The highest BCUT2D eigenvalue weighted by Gasteiger charge is 2.22. The number of nitrogens with two attached hydrogens (primary N) is 1. The van der Waals surface area contributed by atoms with Crippen LogP contribution in [0.3, 0.4) is 0 Å². The highest BCUT2D eigenvalue weighted by molar-refractivity contribution is 7.87. The van der Waals surface area contributed by atoms with Gasteiger partial charge in [-0.05, 0) is 32.1 Å². The topological polar surface area (TPSA) is 84.2 Å². The van der Waals surface area contributed by atoms with Crippen LogP contribution in [0.4, 0.5) is 0 Å². The number of hydrogen-bond acceptors (Lipinski definition) is 3. The molecule has 15 heavy (non-hydrogen) atoms. The van der Waals surface area contributed by atoms with Crippen molar-refractivity contribution in [2.75, 3.05) is 6.54 Å². The van der Waals surface area contributed by atoms with E-state index in [9.17, 15) is 8.42 Å². The molecular weight excluding hydrogens is 214 g/mol. The molecule has 0 amide bonds. The van der Waals surface area contributed by atoms with Gasteiger partial charge in [-0.15, -0.1) is 0 Å². The zero-order chi connectivity index (χ0) is 11.3. The van der Waals surface area contributed by atoms with Gasteiger partial charge < -0.3 is 5.73 Å². The molecular formula is C9H21N3O2S. The Morgan fingerprint density at radius 3 is 2.40 bits per heavy atom. The van der Waals surface area contributed by atoms with Crippen LogP contribution < -0.4 is 15.2 Å². The summed E-state index contributed by atoms with van der Waals surface area (Å²) in [6.07, 6.45) is 4.29. The van der Waals surface area contributed by atoms with E-state index in [4.69, 9.17) is 5.73 Å². The normalized spacial score (nSPS) is 27.9. The highest BCUT2D eigenvalue weighted by Crippen LogP contribution is 2.17. The van der Waals surface area contributed by atoms with Gasteiger partial charge in [0.25, 0.3) is 10.2 Å². The van der Waals surface area contributed by atoms with Crippen LogP contribution in [0.5, 0.6) is 0 Å². The molecule has 6 heteroatoms. The van der Waals surface area contributed by atoms with Crippen molar-refractivity contribution < 1.29 is 8.42 Å². The Morgan fingerprint density at radius 2 is 1.87 bits per heavy atom. The quantitative estimate of drug-likeness (QED) is 0.631. The average Bonchev–Trinajstić information content (AvgIpc) is 2.18. The molecule has 0 radical (unpaired) electrons. The fraction of sp³-hybridized carbons (Fsp3) is 1.00. The molecule has 1 saturated carbocycles. The second kappa shape index (κ2) is 5.79. The van der Waals surface area contributed by atoms with Crippen LogP contribution in [0.15, 0.2) is 0 Å². The predicted molar refractivity (Wildman–Crippen MR) is 60.6 cm³/mol. The van der Waals surface area contributed by atoms with Crippen molar-refractivity contribution in [2.24, 2.45) is 5.73 Å². The molecule has 0 aromatic rings. The summed E-state index contributed by atoms with van der Waals surface area (Å²) >= 11 is 0. The molecule has 1 rings (SSSR count). The van der Waals surface area contributed by atoms with E-state index in [1.165, 1.54) is 0 Å². The predicted octanol–water partition coefficient (Wildman–Crippen LogP) is 0.0903. The summed E-state index contributed by atoms with van der Waals surface area (Å²) in [6.45, 7) is 2.42. The Hall–Kier alpha value is -0.170. The van der Waals surface area contributed by atoms with Crippen molar-refractivity contribution >= 4 is 10.2 Å². The van der Waals surface area contributed by atoms with Crippen LogP contribution >= 0.6 is 0 Å². The fourth-order valence-corrected chi connectivity index (χ4v) is 2.97. The van der Waals surface area contributed by atoms with Gasteiger partial charge in [0.05, 0.1) is 0 Å². The lowest BCUT2D eigenvalue weighted by molar-refractivity contribution is 0.372. The zero-order valence-electron chi connectivity index (χ0n) is 9.20. The third-order valence-electron chi connectivity index (χ3n) is 2.64. The van der Waals surface area contributed by atoms with E-state index in [2.05, 4.69) is 9.44 Å². The maximum atomic E-state index is 11.5. The van der Waals surface area contributed by atoms with E-state index in [0.717, 1.165) is 32.1 Å². The summed E-state index contributed by atoms with van der Waals surface area (Å²) in [5.74, 6) is 0. The van der Waals surface area contributed by atoms with Gasteiger partial charge in [0.2, 0.25) is 0 Å². The van der Waals surface area contributed by atoms with Crippen LogP contribution in [0, 0.1) is 0 Å². The lowest BCUT2D eigenvalue weighted by atomic mass is 9.93. The lowest BCUT2D eigenvalue weighted by Gasteiger charge is -2.26. The van der Waals surface area contributed by atoms with E-state index >= 15 is 0 Å². The average molecular weight is 235 g/mol. The number of hydrogen-bond donors (Lipinski definition) is 3. The van der Waals surface area contributed by atoms with Gasteiger partial charge in [0.1, 0.15) is 0 Å². The van der Waals surface area contributed by atoms with Gasteiger partial charge >= 0.3 is 0 Å². The molecule has 0 bridgehead atoms. The third-order valence-corrected chi connectivity index (χ3v) is 3.86. The maximum Gasteiger partial charge on any atom is 0.277 e. The molecule has 1 aliphatic rings. The van der Waals surface area contributed by atoms with Gasteiger partial charge in [0.15, 0.2) is 0 Å². The summed E-state index contributed by atoms with van der Waals surface area (Å²) < 4.78 is 28.1. The van der Waals surface area contributed by atoms with Crippen LogP contribution in [-0.2, 0) is 10.2 Å². The van der Waals surface area contributed by atoms with E-state index in [-0.39, 0.29) is 12.1 Å². The largest absolute Gasteiger partial charge is 0.328 e. The first-order valence-corrected chi connectivity index (χ1v) is 7.04. The summed E-state index contributed by atoms with van der Waals surface area (Å²) in [5, 5.41) is 0. The molecule has 0 aromatic heterocycles. The van der Waals surface area contributed by atoms with Gasteiger partial charge in [-0.1, -0.05) is 6.92 Å². The first-order valence-electron chi connectivity index (χ1n) is 5.56. The molecule has 0 aliphatic heterocycles. The molecule has 5 nitrogen and oxygen atoms in total. The first kappa shape index (κ1) is 12.9. The minimum atomic E-state index is -3.30. The SMILES string of the molecule is CCCNS(=O)(=O)NC1CCC(N)CC1. The molecule has 0 saturated heterocycles. The first-order chi connectivity index (χ1) is 7.03. The third kappa shape index (κ3) is 4.92. The summed E-state index contributed by atoms with van der Waals surface area (Å²) in [7, 11) is -3.30.